The highest BCUT2D eigenvalue weighted by molar-refractivity contribution is 7.92. The average Bonchev–Trinajstić information content (AvgIpc) is 3.04. The molecule has 0 unspecified atom stereocenters. The molecule has 1 aromatic carbocycles. The summed E-state index contributed by atoms with van der Waals surface area (Å²) in [4.78, 5) is 26.7. The molecule has 0 aliphatic heterocycles. The van der Waals surface area contributed by atoms with E-state index in [2.05, 4.69) is 9.97 Å². The summed E-state index contributed by atoms with van der Waals surface area (Å²) in [5.41, 5.74) is 1.51. The Bertz CT molecular complexity index is 1080. The van der Waals surface area contributed by atoms with Crippen LogP contribution in [0.15, 0.2) is 35.3 Å². The second-order valence-corrected chi connectivity index (χ2v) is 7.42. The summed E-state index contributed by atoms with van der Waals surface area (Å²) < 4.78 is 24.4. The molecule has 0 amide bonds. The van der Waals surface area contributed by atoms with Gasteiger partial charge in [-0.3, -0.25) is 9.10 Å². The summed E-state index contributed by atoms with van der Waals surface area (Å²) >= 11 is 0. The van der Waals surface area contributed by atoms with Crippen LogP contribution in [0.3, 0.4) is 0 Å². The number of aromatic nitrogens is 2. The topological polar surface area (TPSA) is 126 Å². The van der Waals surface area contributed by atoms with E-state index in [-0.39, 0.29) is 12.0 Å². The number of sulfonamides is 1. The van der Waals surface area contributed by atoms with Crippen LogP contribution in [0.1, 0.15) is 13.3 Å². The Kier molecular flexibility index (Phi) is 5.17. The Morgan fingerprint density at radius 1 is 1.24 bits per heavy atom. The maximum atomic E-state index is 11.8. The summed E-state index contributed by atoms with van der Waals surface area (Å²) in [5.74, 6) is -0.995. The number of nitrogens with one attached hydrogen (secondary N) is 2. The standard InChI is InChI=1S/C13H13N3O3S.C3H6O2/c1-16(20(2,18)19)8-3-4-11-10(7-8)9-5-6-14-12(9)13(17)15-11;1-2-3(4)5/h3-7,14H,1-2H3,(H,15,17);2H2,1H3,(H,4,5)/p-1. The lowest BCUT2D eigenvalue weighted by Crippen LogP contribution is -2.24. The van der Waals surface area contributed by atoms with E-state index in [0.29, 0.717) is 16.7 Å². The minimum absolute atomic E-state index is 0.111. The van der Waals surface area contributed by atoms with Crippen LogP contribution in [-0.4, -0.2) is 37.7 Å². The zero-order valence-electron chi connectivity index (χ0n) is 14.0. The van der Waals surface area contributed by atoms with E-state index < -0.39 is 16.0 Å². The van der Waals surface area contributed by atoms with Crippen molar-refractivity contribution in [1.29, 1.82) is 0 Å². The smallest absolute Gasteiger partial charge is 0.272 e. The summed E-state index contributed by atoms with van der Waals surface area (Å²) in [6, 6.07) is 6.93. The van der Waals surface area contributed by atoms with Gasteiger partial charge in [-0.25, -0.2) is 8.42 Å². The van der Waals surface area contributed by atoms with Gasteiger partial charge in [-0.1, -0.05) is 6.92 Å². The van der Waals surface area contributed by atoms with Crippen molar-refractivity contribution < 1.29 is 18.3 Å². The number of nitrogens with zero attached hydrogens (tertiary/aromatic N) is 1. The van der Waals surface area contributed by atoms with Crippen molar-refractivity contribution in [1.82, 2.24) is 9.97 Å². The van der Waals surface area contributed by atoms with Gasteiger partial charge >= 0.3 is 0 Å². The monoisotopic (exact) mass is 364 g/mol. The molecule has 8 nitrogen and oxygen atoms in total. The van der Waals surface area contributed by atoms with Crippen LogP contribution in [0.2, 0.25) is 0 Å². The second-order valence-electron chi connectivity index (χ2n) is 5.41. The highest BCUT2D eigenvalue weighted by Crippen LogP contribution is 2.26. The number of pyridine rings is 1. The lowest BCUT2D eigenvalue weighted by molar-refractivity contribution is -0.305. The van der Waals surface area contributed by atoms with Crippen LogP contribution in [0.4, 0.5) is 5.69 Å². The molecule has 134 valence electrons. The number of aromatic amines is 2. The Morgan fingerprint density at radius 3 is 2.44 bits per heavy atom. The molecule has 0 bridgehead atoms. The molecule has 9 heteroatoms. The Morgan fingerprint density at radius 2 is 1.88 bits per heavy atom. The third-order valence-corrected chi connectivity index (χ3v) is 4.87. The second kappa shape index (κ2) is 6.98. The Hall–Kier alpha value is -2.81. The molecule has 2 aromatic heterocycles. The van der Waals surface area contributed by atoms with Crippen LogP contribution in [-0.2, 0) is 14.8 Å². The van der Waals surface area contributed by atoms with Crippen molar-refractivity contribution in [2.75, 3.05) is 17.6 Å². The third kappa shape index (κ3) is 4.00. The first-order valence-corrected chi connectivity index (χ1v) is 9.27. The van der Waals surface area contributed by atoms with Crippen LogP contribution in [0.5, 0.6) is 0 Å². The highest BCUT2D eigenvalue weighted by atomic mass is 32.2. The van der Waals surface area contributed by atoms with Gasteiger partial charge in [-0.15, -0.1) is 0 Å². The van der Waals surface area contributed by atoms with E-state index in [1.54, 1.807) is 30.5 Å². The molecular formula is C16H18N3O5S-. The Labute approximate surface area is 144 Å². The fraction of sp³-hybridized carbons (Fsp3) is 0.250. The summed E-state index contributed by atoms with van der Waals surface area (Å²) in [6.45, 7) is 1.54. The molecular weight excluding hydrogens is 346 g/mol. The molecule has 0 fully saturated rings. The van der Waals surface area contributed by atoms with Gasteiger partial charge in [0.15, 0.2) is 0 Å². The fourth-order valence-electron chi connectivity index (χ4n) is 2.22. The number of anilines is 1. The molecule has 0 aliphatic carbocycles. The van der Waals surface area contributed by atoms with Gasteiger partial charge in [0.25, 0.3) is 5.56 Å². The molecule has 0 spiro atoms. The van der Waals surface area contributed by atoms with Gasteiger partial charge in [0.05, 0.1) is 11.9 Å². The van der Waals surface area contributed by atoms with E-state index in [4.69, 9.17) is 0 Å². The van der Waals surface area contributed by atoms with Gasteiger partial charge in [0.2, 0.25) is 10.0 Å². The zero-order valence-corrected chi connectivity index (χ0v) is 14.8. The molecule has 3 rings (SSSR count). The SMILES string of the molecule is CCC(=O)[O-].CN(c1ccc2[nH]c(=O)c3[nH]ccc3c2c1)S(C)(=O)=O. The molecule has 0 aliphatic rings. The Balaban J connectivity index is 0.000000399. The number of aliphatic carboxylic acids is 1. The van der Waals surface area contributed by atoms with Crippen molar-refractivity contribution in [3.8, 4) is 0 Å². The third-order valence-electron chi connectivity index (χ3n) is 3.67. The van der Waals surface area contributed by atoms with Gasteiger partial charge in [-0.05, 0) is 30.7 Å². The number of fused-ring (bicyclic) bond motifs is 3. The molecule has 2 heterocycles. The van der Waals surface area contributed by atoms with Crippen LogP contribution in [0, 0.1) is 0 Å². The number of benzene rings is 1. The van der Waals surface area contributed by atoms with E-state index >= 15 is 0 Å². The minimum Gasteiger partial charge on any atom is -0.550 e. The van der Waals surface area contributed by atoms with Crippen molar-refractivity contribution in [3.63, 3.8) is 0 Å². The molecule has 2 N–H and O–H groups in total. The van der Waals surface area contributed by atoms with Crippen LogP contribution >= 0.6 is 0 Å². The number of hydrogen-bond acceptors (Lipinski definition) is 5. The summed E-state index contributed by atoms with van der Waals surface area (Å²) in [5, 5.41) is 10.8. The maximum Gasteiger partial charge on any atom is 0.272 e. The van der Waals surface area contributed by atoms with Crippen LogP contribution < -0.4 is 15.0 Å². The number of carboxylic acids is 1. The predicted octanol–water partition coefficient (Wildman–Crippen LogP) is 0.551. The predicted molar refractivity (Wildman–Crippen MR) is 95.0 cm³/mol. The largest absolute Gasteiger partial charge is 0.550 e. The lowest BCUT2D eigenvalue weighted by Gasteiger charge is -2.17. The summed E-state index contributed by atoms with van der Waals surface area (Å²) in [6.07, 6.45) is 2.95. The van der Waals surface area contributed by atoms with E-state index in [9.17, 15) is 23.1 Å². The highest BCUT2D eigenvalue weighted by Gasteiger charge is 2.13. The van der Waals surface area contributed by atoms with Gasteiger partial charge in [-0.2, -0.15) is 0 Å². The number of H-pyrrole nitrogens is 2. The molecule has 3 aromatic rings. The first kappa shape index (κ1) is 18.5. The van der Waals surface area contributed by atoms with Crippen molar-refractivity contribution in [2.24, 2.45) is 0 Å². The number of carboxylic acid groups (broad SMARTS) is 1. The normalized spacial score (nSPS) is 11.2. The molecule has 0 saturated heterocycles. The van der Waals surface area contributed by atoms with E-state index in [0.717, 1.165) is 17.0 Å². The van der Waals surface area contributed by atoms with Crippen LogP contribution in [0.25, 0.3) is 21.8 Å². The molecule has 0 atom stereocenters. The average molecular weight is 364 g/mol. The van der Waals surface area contributed by atoms with E-state index in [1.807, 2.05) is 0 Å². The fourth-order valence-corrected chi connectivity index (χ4v) is 2.71. The van der Waals surface area contributed by atoms with Crippen molar-refractivity contribution in [3.05, 3.63) is 40.8 Å². The summed E-state index contributed by atoms with van der Waals surface area (Å²) in [7, 11) is -1.82. The number of carbonyl (C=O) groups excluding carboxylic acids is 1. The van der Waals surface area contributed by atoms with Crippen molar-refractivity contribution >= 4 is 43.5 Å². The van der Waals surface area contributed by atoms with E-state index in [1.165, 1.54) is 18.3 Å². The lowest BCUT2D eigenvalue weighted by atomic mass is 10.1. The quantitative estimate of drug-likeness (QED) is 0.702. The molecule has 0 radical (unpaired) electrons. The number of carbonyl (C=O) groups is 1. The first-order chi connectivity index (χ1) is 11.6. The van der Waals surface area contributed by atoms with Gasteiger partial charge in [0, 0.05) is 35.5 Å². The first-order valence-electron chi connectivity index (χ1n) is 7.42. The van der Waals surface area contributed by atoms with Gasteiger partial charge < -0.3 is 19.9 Å². The zero-order chi connectivity index (χ0) is 18.8. The number of rotatable bonds is 3. The molecule has 25 heavy (non-hydrogen) atoms. The molecule has 0 saturated carbocycles. The number of hydrogen-bond donors (Lipinski definition) is 2. The minimum atomic E-state index is -3.32. The van der Waals surface area contributed by atoms with Gasteiger partial charge in [0.1, 0.15) is 5.52 Å². The maximum absolute atomic E-state index is 11.8. The van der Waals surface area contributed by atoms with Crippen molar-refractivity contribution in [2.45, 2.75) is 13.3 Å².